The largest absolute Gasteiger partial charge is 0.497 e. The van der Waals surface area contributed by atoms with Crippen LogP contribution in [-0.2, 0) is 0 Å². The van der Waals surface area contributed by atoms with Crippen molar-refractivity contribution in [3.8, 4) is 5.75 Å². The summed E-state index contributed by atoms with van der Waals surface area (Å²) in [5.74, 6) is 0.285. The van der Waals surface area contributed by atoms with E-state index in [4.69, 9.17) is 4.74 Å². The van der Waals surface area contributed by atoms with Gasteiger partial charge in [0.1, 0.15) is 5.75 Å². The van der Waals surface area contributed by atoms with E-state index in [9.17, 15) is 9.59 Å². The highest BCUT2D eigenvalue weighted by molar-refractivity contribution is 6.51. The minimum Gasteiger partial charge on any atom is -0.497 e. The molecule has 154 valence electrons. The molecule has 0 spiro atoms. The second kappa shape index (κ2) is 8.62. The number of rotatable bonds is 6. The maximum atomic E-state index is 13.3. The first kappa shape index (κ1) is 20.0. The Kier molecular flexibility index (Phi) is 5.57. The fraction of sp³-hybridized carbons (Fsp3) is 0.0833. The lowest BCUT2D eigenvalue weighted by Gasteiger charge is -2.08. The molecule has 0 saturated carbocycles. The van der Waals surface area contributed by atoms with Crippen molar-refractivity contribution in [3.63, 3.8) is 0 Å². The third-order valence-electron chi connectivity index (χ3n) is 4.74. The van der Waals surface area contributed by atoms with Crippen LogP contribution in [0.5, 0.6) is 5.75 Å². The second-order valence-electron chi connectivity index (χ2n) is 6.93. The molecule has 31 heavy (non-hydrogen) atoms. The van der Waals surface area contributed by atoms with Gasteiger partial charge in [0.05, 0.1) is 23.8 Å². The van der Waals surface area contributed by atoms with Crippen LogP contribution in [-0.4, -0.2) is 28.6 Å². The smallest absolute Gasteiger partial charge is 0.276 e. The van der Waals surface area contributed by atoms with Crippen LogP contribution in [0.1, 0.15) is 21.6 Å². The Morgan fingerprint density at radius 2 is 1.71 bits per heavy atom. The molecular formula is C24H20N4O3. The van der Waals surface area contributed by atoms with Gasteiger partial charge < -0.3 is 9.72 Å². The van der Waals surface area contributed by atoms with Gasteiger partial charge in [-0.3, -0.25) is 15.0 Å². The summed E-state index contributed by atoms with van der Waals surface area (Å²) in [7, 11) is 1.58. The molecule has 1 heterocycles. The van der Waals surface area contributed by atoms with Gasteiger partial charge in [0.25, 0.3) is 5.56 Å². The van der Waals surface area contributed by atoms with Crippen LogP contribution in [0.4, 0.5) is 5.69 Å². The highest BCUT2D eigenvalue weighted by Crippen LogP contribution is 2.16. The number of nitrogens with one attached hydrogen (secondary N) is 2. The van der Waals surface area contributed by atoms with E-state index in [2.05, 4.69) is 20.5 Å². The van der Waals surface area contributed by atoms with Gasteiger partial charge >= 0.3 is 0 Å². The number of hydrazone groups is 1. The molecule has 0 unspecified atom stereocenters. The Labute approximate surface area is 178 Å². The molecule has 1 aromatic heterocycles. The molecule has 0 atom stereocenters. The standard InChI is InChI=1S/C24H20N4O3/c1-15-7-9-16(10-8-15)23(29)21(28-27-17-11-13-18(31-2)14-12-17)22-24(30)26-20-6-4-3-5-19(20)25-22/h3-14,27H,1-2H3,(H,26,30)/b28-21+. The first-order valence-electron chi connectivity index (χ1n) is 9.64. The van der Waals surface area contributed by atoms with Gasteiger partial charge in [0.2, 0.25) is 5.78 Å². The first-order valence-corrected chi connectivity index (χ1v) is 9.64. The molecule has 7 nitrogen and oxygen atoms in total. The molecular weight excluding hydrogens is 392 g/mol. The minimum absolute atomic E-state index is 0.0507. The quantitative estimate of drug-likeness (QED) is 0.284. The maximum absolute atomic E-state index is 13.3. The van der Waals surface area contributed by atoms with E-state index in [1.165, 1.54) is 0 Å². The zero-order valence-electron chi connectivity index (χ0n) is 17.0. The van der Waals surface area contributed by atoms with Crippen molar-refractivity contribution in [3.05, 3.63) is 100.0 Å². The van der Waals surface area contributed by atoms with Crippen LogP contribution in [0.2, 0.25) is 0 Å². The van der Waals surface area contributed by atoms with Crippen molar-refractivity contribution in [2.24, 2.45) is 5.10 Å². The van der Waals surface area contributed by atoms with Gasteiger partial charge in [-0.1, -0.05) is 42.0 Å². The maximum Gasteiger partial charge on any atom is 0.276 e. The number of anilines is 1. The predicted octanol–water partition coefficient (Wildman–Crippen LogP) is 3.94. The van der Waals surface area contributed by atoms with Gasteiger partial charge in [0, 0.05) is 5.56 Å². The molecule has 3 aromatic carbocycles. The van der Waals surface area contributed by atoms with Crippen molar-refractivity contribution in [2.45, 2.75) is 6.92 Å². The fourth-order valence-corrected chi connectivity index (χ4v) is 3.03. The first-order chi connectivity index (χ1) is 15.0. The van der Waals surface area contributed by atoms with Crippen LogP contribution in [0.3, 0.4) is 0 Å². The number of hydrogen-bond donors (Lipinski definition) is 2. The zero-order chi connectivity index (χ0) is 21.8. The SMILES string of the molecule is COc1ccc(N/N=C(/C(=O)c2ccc(C)cc2)c2nc3ccccc3[nH]c2=O)cc1. The van der Waals surface area contributed by atoms with E-state index in [0.29, 0.717) is 28.0 Å². The van der Waals surface area contributed by atoms with Crippen molar-refractivity contribution in [1.82, 2.24) is 9.97 Å². The molecule has 0 radical (unpaired) electrons. The molecule has 0 aliphatic heterocycles. The number of aromatic amines is 1. The molecule has 0 bridgehead atoms. The molecule has 4 rings (SSSR count). The van der Waals surface area contributed by atoms with Gasteiger partial charge in [0.15, 0.2) is 11.4 Å². The number of hydrogen-bond acceptors (Lipinski definition) is 6. The fourth-order valence-electron chi connectivity index (χ4n) is 3.03. The molecule has 0 saturated heterocycles. The van der Waals surface area contributed by atoms with Crippen molar-refractivity contribution < 1.29 is 9.53 Å². The van der Waals surface area contributed by atoms with Gasteiger partial charge in [-0.05, 0) is 43.3 Å². The van der Waals surface area contributed by atoms with Crippen molar-refractivity contribution >= 4 is 28.2 Å². The van der Waals surface area contributed by atoms with Crippen LogP contribution >= 0.6 is 0 Å². The summed E-state index contributed by atoms with van der Waals surface area (Å²) in [6.45, 7) is 1.93. The number of nitrogens with zero attached hydrogens (tertiary/aromatic N) is 2. The lowest BCUT2D eigenvalue weighted by Crippen LogP contribution is -2.27. The monoisotopic (exact) mass is 412 g/mol. The second-order valence-corrected chi connectivity index (χ2v) is 6.93. The molecule has 7 heteroatoms. The van der Waals surface area contributed by atoms with Crippen LogP contribution < -0.4 is 15.7 Å². The molecule has 0 aliphatic carbocycles. The zero-order valence-corrected chi connectivity index (χ0v) is 17.0. The number of H-pyrrole nitrogens is 1. The van der Waals surface area contributed by atoms with Gasteiger partial charge in [-0.15, -0.1) is 0 Å². The molecule has 0 aliphatic rings. The van der Waals surface area contributed by atoms with Crippen molar-refractivity contribution in [2.75, 3.05) is 12.5 Å². The number of aryl methyl sites for hydroxylation is 1. The molecule has 2 N–H and O–H groups in total. The Morgan fingerprint density at radius 1 is 1.00 bits per heavy atom. The summed E-state index contributed by atoms with van der Waals surface area (Å²) in [4.78, 5) is 33.2. The molecule has 0 amide bonds. The number of benzene rings is 3. The summed E-state index contributed by atoms with van der Waals surface area (Å²) in [5, 5.41) is 4.28. The summed E-state index contributed by atoms with van der Waals surface area (Å²) in [6.07, 6.45) is 0. The van der Waals surface area contributed by atoms with E-state index < -0.39 is 11.3 Å². The number of aromatic nitrogens is 2. The van der Waals surface area contributed by atoms with E-state index in [1.54, 1.807) is 61.7 Å². The Bertz CT molecular complexity index is 1320. The predicted molar refractivity (Wildman–Crippen MR) is 121 cm³/mol. The summed E-state index contributed by atoms with van der Waals surface area (Å²) in [6, 6.07) is 21.2. The average molecular weight is 412 g/mol. The third-order valence-corrected chi connectivity index (χ3v) is 4.74. The highest BCUT2D eigenvalue weighted by Gasteiger charge is 2.22. The topological polar surface area (TPSA) is 96.4 Å². The average Bonchev–Trinajstić information content (AvgIpc) is 2.80. The summed E-state index contributed by atoms with van der Waals surface area (Å²) < 4.78 is 5.15. The number of ether oxygens (including phenoxy) is 1. The van der Waals surface area contributed by atoms with E-state index >= 15 is 0 Å². The van der Waals surface area contributed by atoms with Crippen LogP contribution in [0, 0.1) is 6.92 Å². The van der Waals surface area contributed by atoms with Gasteiger partial charge in [-0.25, -0.2) is 4.98 Å². The van der Waals surface area contributed by atoms with E-state index in [-0.39, 0.29) is 11.4 Å². The van der Waals surface area contributed by atoms with Crippen LogP contribution in [0.15, 0.2) is 82.7 Å². The normalized spacial score (nSPS) is 11.4. The number of methoxy groups -OCH3 is 1. The third kappa shape index (κ3) is 4.35. The lowest BCUT2D eigenvalue weighted by atomic mass is 10.0. The summed E-state index contributed by atoms with van der Waals surface area (Å²) >= 11 is 0. The number of para-hydroxylation sites is 2. The summed E-state index contributed by atoms with van der Waals surface area (Å²) in [5.41, 5.74) is 5.44. The van der Waals surface area contributed by atoms with E-state index in [1.807, 2.05) is 25.1 Å². The Balaban J connectivity index is 1.80. The number of carbonyl (C=O) groups is 1. The number of ketones is 1. The number of Topliss-reactive ketones (excluding diaryl/α,β-unsaturated/α-hetero) is 1. The van der Waals surface area contributed by atoms with Gasteiger partial charge in [-0.2, -0.15) is 5.10 Å². The minimum atomic E-state index is -0.491. The van der Waals surface area contributed by atoms with Crippen molar-refractivity contribution in [1.29, 1.82) is 0 Å². The molecule has 0 fully saturated rings. The highest BCUT2D eigenvalue weighted by atomic mass is 16.5. The molecule has 4 aromatic rings. The van der Waals surface area contributed by atoms with Crippen LogP contribution in [0.25, 0.3) is 11.0 Å². The Hall–Kier alpha value is -4.26. The Morgan fingerprint density at radius 3 is 2.42 bits per heavy atom. The number of fused-ring (bicyclic) bond motifs is 1. The van der Waals surface area contributed by atoms with E-state index in [0.717, 1.165) is 5.56 Å². The number of carbonyl (C=O) groups excluding carboxylic acids is 1. The lowest BCUT2D eigenvalue weighted by molar-refractivity contribution is 0.106.